The molecule has 0 saturated carbocycles. The average molecular weight is 394 g/mol. The Hall–Kier alpha value is -3.95. The van der Waals surface area contributed by atoms with Crippen molar-refractivity contribution in [2.45, 2.75) is 19.9 Å². The standard InChI is InChI=1S/C19H22N8O2/c1-11(2)15(17(20)28)25-14-9-23-16(18(21)29)19(26-14)24-12-3-5-13(6-4-12)27-8-7-22-10-27/h3-11,15H,1-2H3,(H2,20,28)(H2,21,29)(H2,24,25,26)/t15-/m1/s1. The first-order valence-corrected chi connectivity index (χ1v) is 8.93. The zero-order valence-corrected chi connectivity index (χ0v) is 16.0. The maximum Gasteiger partial charge on any atom is 0.271 e. The molecule has 0 radical (unpaired) electrons. The van der Waals surface area contributed by atoms with Gasteiger partial charge >= 0.3 is 0 Å². The molecule has 0 aliphatic heterocycles. The lowest BCUT2D eigenvalue weighted by Crippen LogP contribution is -2.39. The lowest BCUT2D eigenvalue weighted by Gasteiger charge is -2.20. The Morgan fingerprint density at radius 3 is 2.41 bits per heavy atom. The largest absolute Gasteiger partial charge is 0.368 e. The fourth-order valence-corrected chi connectivity index (χ4v) is 2.72. The Morgan fingerprint density at radius 2 is 1.86 bits per heavy atom. The number of amides is 2. The molecule has 150 valence electrons. The van der Waals surface area contributed by atoms with Gasteiger partial charge in [-0.1, -0.05) is 13.8 Å². The first-order valence-electron chi connectivity index (χ1n) is 8.93. The van der Waals surface area contributed by atoms with Gasteiger partial charge in [-0.2, -0.15) is 0 Å². The normalized spacial score (nSPS) is 11.8. The van der Waals surface area contributed by atoms with E-state index in [9.17, 15) is 9.59 Å². The van der Waals surface area contributed by atoms with Gasteiger partial charge in [-0.05, 0) is 30.2 Å². The lowest BCUT2D eigenvalue weighted by atomic mass is 10.0. The summed E-state index contributed by atoms with van der Waals surface area (Å²) in [6.07, 6.45) is 6.55. The van der Waals surface area contributed by atoms with Gasteiger partial charge in [0.1, 0.15) is 11.9 Å². The number of carbonyl (C=O) groups is 2. The van der Waals surface area contributed by atoms with Gasteiger partial charge in [0.05, 0.1) is 12.5 Å². The summed E-state index contributed by atoms with van der Waals surface area (Å²) in [5, 5.41) is 5.99. The molecule has 10 nitrogen and oxygen atoms in total. The number of hydrogen-bond acceptors (Lipinski definition) is 7. The Labute approximate surface area is 167 Å². The fraction of sp³-hybridized carbons (Fsp3) is 0.211. The summed E-state index contributed by atoms with van der Waals surface area (Å²) in [7, 11) is 0. The number of hydrogen-bond donors (Lipinski definition) is 4. The molecular formula is C19H22N8O2. The van der Waals surface area contributed by atoms with Gasteiger partial charge in [-0.25, -0.2) is 15.0 Å². The summed E-state index contributed by atoms with van der Waals surface area (Å²) in [4.78, 5) is 35.8. The molecule has 0 unspecified atom stereocenters. The zero-order chi connectivity index (χ0) is 21.0. The molecule has 0 bridgehead atoms. The summed E-state index contributed by atoms with van der Waals surface area (Å²) in [5.74, 6) is -0.825. The van der Waals surface area contributed by atoms with Crippen molar-refractivity contribution in [2.24, 2.45) is 17.4 Å². The van der Waals surface area contributed by atoms with E-state index in [4.69, 9.17) is 11.5 Å². The van der Waals surface area contributed by atoms with Crippen LogP contribution in [0.5, 0.6) is 0 Å². The molecule has 6 N–H and O–H groups in total. The van der Waals surface area contributed by atoms with Crippen molar-refractivity contribution in [3.8, 4) is 5.69 Å². The van der Waals surface area contributed by atoms with E-state index in [1.807, 2.05) is 48.9 Å². The minimum Gasteiger partial charge on any atom is -0.368 e. The van der Waals surface area contributed by atoms with Crippen LogP contribution in [0, 0.1) is 5.92 Å². The molecule has 0 saturated heterocycles. The first-order chi connectivity index (χ1) is 13.8. The van der Waals surface area contributed by atoms with E-state index in [1.54, 1.807) is 12.5 Å². The molecule has 0 fully saturated rings. The van der Waals surface area contributed by atoms with Crippen LogP contribution in [0.25, 0.3) is 5.69 Å². The average Bonchev–Trinajstić information content (AvgIpc) is 3.21. The number of nitrogens with zero attached hydrogens (tertiary/aromatic N) is 4. The summed E-state index contributed by atoms with van der Waals surface area (Å²) in [6, 6.07) is 6.77. The third-order valence-electron chi connectivity index (χ3n) is 4.22. The third-order valence-corrected chi connectivity index (χ3v) is 4.22. The maximum atomic E-state index is 11.7. The molecule has 0 aliphatic carbocycles. The summed E-state index contributed by atoms with van der Waals surface area (Å²) in [5.41, 5.74) is 12.4. The van der Waals surface area contributed by atoms with E-state index in [2.05, 4.69) is 25.6 Å². The number of aromatic nitrogens is 4. The molecule has 1 aromatic carbocycles. The molecule has 29 heavy (non-hydrogen) atoms. The number of rotatable bonds is 8. The smallest absolute Gasteiger partial charge is 0.271 e. The van der Waals surface area contributed by atoms with Gasteiger partial charge in [0.15, 0.2) is 11.5 Å². The maximum absolute atomic E-state index is 11.7. The second kappa shape index (κ2) is 8.38. The van der Waals surface area contributed by atoms with E-state index in [-0.39, 0.29) is 17.4 Å². The third kappa shape index (κ3) is 4.67. The van der Waals surface area contributed by atoms with E-state index >= 15 is 0 Å². The molecular weight excluding hydrogens is 372 g/mol. The number of nitrogens with two attached hydrogens (primary N) is 2. The Morgan fingerprint density at radius 1 is 1.14 bits per heavy atom. The van der Waals surface area contributed by atoms with Crippen molar-refractivity contribution in [1.29, 1.82) is 0 Å². The highest BCUT2D eigenvalue weighted by atomic mass is 16.1. The quantitative estimate of drug-likeness (QED) is 0.450. The van der Waals surface area contributed by atoms with Crippen LogP contribution in [0.4, 0.5) is 17.3 Å². The van der Waals surface area contributed by atoms with Crippen LogP contribution in [0.1, 0.15) is 24.3 Å². The summed E-state index contributed by atoms with van der Waals surface area (Å²) in [6.45, 7) is 3.71. The summed E-state index contributed by atoms with van der Waals surface area (Å²) >= 11 is 0. The van der Waals surface area contributed by atoms with Gasteiger partial charge in [0, 0.05) is 23.8 Å². The Bertz CT molecular complexity index is 1000. The predicted molar refractivity (Wildman–Crippen MR) is 109 cm³/mol. The summed E-state index contributed by atoms with van der Waals surface area (Å²) < 4.78 is 1.86. The van der Waals surface area contributed by atoms with Crippen molar-refractivity contribution >= 4 is 29.1 Å². The van der Waals surface area contributed by atoms with Gasteiger partial charge in [-0.15, -0.1) is 0 Å². The first kappa shape index (κ1) is 19.8. The highest BCUT2D eigenvalue weighted by Gasteiger charge is 2.21. The topological polar surface area (TPSA) is 154 Å². The second-order valence-corrected chi connectivity index (χ2v) is 6.73. The lowest BCUT2D eigenvalue weighted by molar-refractivity contribution is -0.119. The van der Waals surface area contributed by atoms with E-state index < -0.39 is 17.9 Å². The molecule has 0 aliphatic rings. The number of anilines is 3. The van der Waals surface area contributed by atoms with Crippen molar-refractivity contribution in [2.75, 3.05) is 10.6 Å². The highest BCUT2D eigenvalue weighted by molar-refractivity contribution is 5.96. The minimum atomic E-state index is -0.725. The highest BCUT2D eigenvalue weighted by Crippen LogP contribution is 2.21. The number of nitrogens with one attached hydrogen (secondary N) is 2. The Kier molecular flexibility index (Phi) is 5.72. The van der Waals surface area contributed by atoms with E-state index in [0.717, 1.165) is 5.69 Å². The van der Waals surface area contributed by atoms with Gasteiger partial charge < -0.3 is 26.7 Å². The molecule has 1 atom stereocenters. The van der Waals surface area contributed by atoms with Crippen molar-refractivity contribution in [3.05, 3.63) is 54.9 Å². The molecule has 2 heterocycles. The molecule has 3 rings (SSSR count). The van der Waals surface area contributed by atoms with Gasteiger partial charge in [-0.3, -0.25) is 9.59 Å². The van der Waals surface area contributed by atoms with Crippen LogP contribution in [-0.2, 0) is 4.79 Å². The molecule has 2 aromatic heterocycles. The van der Waals surface area contributed by atoms with E-state index in [0.29, 0.717) is 11.5 Å². The number of carbonyl (C=O) groups excluding carboxylic acids is 2. The van der Waals surface area contributed by atoms with Crippen LogP contribution in [-0.4, -0.2) is 37.4 Å². The minimum absolute atomic E-state index is 0.0191. The monoisotopic (exact) mass is 394 g/mol. The van der Waals surface area contributed by atoms with Crippen LogP contribution < -0.4 is 22.1 Å². The second-order valence-electron chi connectivity index (χ2n) is 6.73. The molecule has 3 aromatic rings. The van der Waals surface area contributed by atoms with E-state index in [1.165, 1.54) is 6.20 Å². The number of primary amides is 2. The van der Waals surface area contributed by atoms with Crippen LogP contribution in [0.2, 0.25) is 0 Å². The SMILES string of the molecule is CC(C)[C@@H](Nc1cnc(C(N)=O)c(Nc2ccc(-n3ccnc3)cc2)n1)C(N)=O. The van der Waals surface area contributed by atoms with Gasteiger partial charge in [0.2, 0.25) is 5.91 Å². The Balaban J connectivity index is 1.86. The molecule has 2 amide bonds. The van der Waals surface area contributed by atoms with Crippen molar-refractivity contribution in [1.82, 2.24) is 19.5 Å². The predicted octanol–water partition coefficient (Wildman–Crippen LogP) is 1.43. The van der Waals surface area contributed by atoms with Crippen molar-refractivity contribution < 1.29 is 9.59 Å². The number of imidazole rings is 1. The molecule has 10 heteroatoms. The van der Waals surface area contributed by atoms with Gasteiger partial charge in [0.25, 0.3) is 5.91 Å². The van der Waals surface area contributed by atoms with Crippen LogP contribution in [0.15, 0.2) is 49.2 Å². The van der Waals surface area contributed by atoms with Crippen molar-refractivity contribution in [3.63, 3.8) is 0 Å². The van der Waals surface area contributed by atoms with Crippen LogP contribution in [0.3, 0.4) is 0 Å². The number of benzene rings is 1. The van der Waals surface area contributed by atoms with Crippen LogP contribution >= 0.6 is 0 Å². The molecule has 0 spiro atoms. The fourth-order valence-electron chi connectivity index (χ4n) is 2.72. The zero-order valence-electron chi connectivity index (χ0n) is 16.0.